The van der Waals surface area contributed by atoms with Crippen LogP contribution in [-0.4, -0.2) is 29.5 Å². The molecule has 1 amide bonds. The molecule has 1 saturated heterocycles. The third-order valence-corrected chi connectivity index (χ3v) is 3.07. The molecule has 5 heteroatoms. The molecule has 0 unspecified atom stereocenters. The number of nitrogens with zero attached hydrogens (tertiary/aromatic N) is 2. The van der Waals surface area contributed by atoms with Crippen molar-refractivity contribution in [2.24, 2.45) is 11.5 Å². The molecule has 0 radical (unpaired) electrons. The average Bonchev–Trinajstić information content (AvgIpc) is 2.25. The van der Waals surface area contributed by atoms with Crippen LogP contribution >= 0.6 is 0 Å². The summed E-state index contributed by atoms with van der Waals surface area (Å²) < 4.78 is 0. The lowest BCUT2D eigenvalue weighted by Gasteiger charge is -2.48. The van der Waals surface area contributed by atoms with E-state index in [9.17, 15) is 4.79 Å². The molecule has 86 valence electrons. The van der Waals surface area contributed by atoms with Crippen molar-refractivity contribution in [1.29, 1.82) is 0 Å². The second-order valence-corrected chi connectivity index (χ2v) is 4.34. The SMILES string of the molecule is CCC1(N)CN(c2ccc(C(N)=O)cn2)C1. The highest BCUT2D eigenvalue weighted by atomic mass is 16.1. The molecule has 0 saturated carbocycles. The summed E-state index contributed by atoms with van der Waals surface area (Å²) in [5.74, 6) is 0.393. The molecule has 5 nitrogen and oxygen atoms in total. The number of aromatic nitrogens is 1. The van der Waals surface area contributed by atoms with E-state index in [0.717, 1.165) is 25.3 Å². The van der Waals surface area contributed by atoms with Gasteiger partial charge in [0.1, 0.15) is 5.82 Å². The maximum Gasteiger partial charge on any atom is 0.250 e. The summed E-state index contributed by atoms with van der Waals surface area (Å²) in [5, 5.41) is 0. The summed E-state index contributed by atoms with van der Waals surface area (Å²) >= 11 is 0. The zero-order valence-electron chi connectivity index (χ0n) is 9.31. The molecule has 1 aliphatic heterocycles. The van der Waals surface area contributed by atoms with E-state index in [2.05, 4.69) is 16.8 Å². The number of hydrogen-bond acceptors (Lipinski definition) is 4. The number of nitrogens with two attached hydrogens (primary N) is 2. The van der Waals surface area contributed by atoms with Gasteiger partial charge in [-0.1, -0.05) is 6.92 Å². The molecule has 0 aromatic carbocycles. The topological polar surface area (TPSA) is 85.2 Å². The number of carbonyl (C=O) groups is 1. The third kappa shape index (κ3) is 1.86. The van der Waals surface area contributed by atoms with Crippen molar-refractivity contribution in [2.75, 3.05) is 18.0 Å². The minimum atomic E-state index is -0.454. The lowest BCUT2D eigenvalue weighted by atomic mass is 9.88. The molecule has 0 aliphatic carbocycles. The van der Waals surface area contributed by atoms with E-state index >= 15 is 0 Å². The molecule has 1 fully saturated rings. The number of rotatable bonds is 3. The summed E-state index contributed by atoms with van der Waals surface area (Å²) in [5.41, 5.74) is 11.6. The van der Waals surface area contributed by atoms with E-state index in [1.807, 2.05) is 0 Å². The standard InChI is InChI=1S/C11H16N4O/c1-2-11(13)6-15(7-11)9-4-3-8(5-14-9)10(12)16/h3-5H,2,6-7,13H2,1H3,(H2,12,16). The summed E-state index contributed by atoms with van der Waals surface area (Å²) in [4.78, 5) is 17.1. The predicted octanol–water partition coefficient (Wildman–Crippen LogP) is 0.108. The first-order chi connectivity index (χ1) is 7.54. The Kier molecular flexibility index (Phi) is 2.55. The first-order valence-electron chi connectivity index (χ1n) is 5.34. The van der Waals surface area contributed by atoms with Crippen LogP contribution < -0.4 is 16.4 Å². The second kappa shape index (κ2) is 3.75. The molecule has 1 aromatic heterocycles. The Balaban J connectivity index is 2.05. The maximum absolute atomic E-state index is 10.9. The van der Waals surface area contributed by atoms with Crippen molar-refractivity contribution in [3.8, 4) is 0 Å². The Hall–Kier alpha value is -1.62. The number of carbonyl (C=O) groups excluding carboxylic acids is 1. The van der Waals surface area contributed by atoms with Gasteiger partial charge in [0.05, 0.1) is 11.1 Å². The lowest BCUT2D eigenvalue weighted by molar-refractivity contribution is 0.1000. The van der Waals surface area contributed by atoms with Crippen LogP contribution in [0.5, 0.6) is 0 Å². The van der Waals surface area contributed by atoms with E-state index in [-0.39, 0.29) is 5.54 Å². The Bertz CT molecular complexity index is 395. The minimum Gasteiger partial charge on any atom is -0.366 e. The molecule has 2 rings (SSSR count). The molecule has 0 spiro atoms. The number of pyridine rings is 1. The maximum atomic E-state index is 10.9. The van der Waals surface area contributed by atoms with Gasteiger partial charge in [0, 0.05) is 19.3 Å². The lowest BCUT2D eigenvalue weighted by Crippen LogP contribution is -2.67. The average molecular weight is 220 g/mol. The molecule has 1 aromatic rings. The molecular formula is C11H16N4O. The van der Waals surface area contributed by atoms with E-state index < -0.39 is 5.91 Å². The fraction of sp³-hybridized carbons (Fsp3) is 0.455. The van der Waals surface area contributed by atoms with Crippen molar-refractivity contribution < 1.29 is 4.79 Å². The van der Waals surface area contributed by atoms with Crippen LogP contribution in [0.2, 0.25) is 0 Å². The Morgan fingerprint density at radius 3 is 2.69 bits per heavy atom. The molecule has 0 atom stereocenters. The van der Waals surface area contributed by atoms with Crippen LogP contribution in [0.3, 0.4) is 0 Å². The van der Waals surface area contributed by atoms with Crippen molar-refractivity contribution >= 4 is 11.7 Å². The second-order valence-electron chi connectivity index (χ2n) is 4.34. The van der Waals surface area contributed by atoms with E-state index in [1.165, 1.54) is 6.20 Å². The smallest absolute Gasteiger partial charge is 0.250 e. The Morgan fingerprint density at radius 2 is 2.25 bits per heavy atom. The monoisotopic (exact) mass is 220 g/mol. The van der Waals surface area contributed by atoms with Gasteiger partial charge in [-0.05, 0) is 18.6 Å². The minimum absolute atomic E-state index is 0.0793. The first kappa shape index (κ1) is 10.9. The molecule has 0 bridgehead atoms. The van der Waals surface area contributed by atoms with Crippen LogP contribution in [0.1, 0.15) is 23.7 Å². The van der Waals surface area contributed by atoms with Gasteiger partial charge in [0.15, 0.2) is 0 Å². The highest BCUT2D eigenvalue weighted by Gasteiger charge is 2.38. The van der Waals surface area contributed by atoms with Gasteiger partial charge in [-0.3, -0.25) is 4.79 Å². The van der Waals surface area contributed by atoms with Crippen molar-refractivity contribution in [3.63, 3.8) is 0 Å². The van der Waals surface area contributed by atoms with Crippen LogP contribution in [0, 0.1) is 0 Å². The van der Waals surface area contributed by atoms with Crippen molar-refractivity contribution in [2.45, 2.75) is 18.9 Å². The first-order valence-corrected chi connectivity index (χ1v) is 5.34. The number of hydrogen-bond donors (Lipinski definition) is 2. The van der Waals surface area contributed by atoms with E-state index in [0.29, 0.717) is 5.56 Å². The van der Waals surface area contributed by atoms with Gasteiger partial charge in [-0.2, -0.15) is 0 Å². The molecule has 16 heavy (non-hydrogen) atoms. The van der Waals surface area contributed by atoms with E-state index in [4.69, 9.17) is 11.5 Å². The fourth-order valence-electron chi connectivity index (χ4n) is 1.82. The number of anilines is 1. The predicted molar refractivity (Wildman–Crippen MR) is 62.2 cm³/mol. The normalized spacial score (nSPS) is 18.0. The molecular weight excluding hydrogens is 204 g/mol. The third-order valence-electron chi connectivity index (χ3n) is 3.07. The van der Waals surface area contributed by atoms with Crippen molar-refractivity contribution in [1.82, 2.24) is 4.98 Å². The fourth-order valence-corrected chi connectivity index (χ4v) is 1.82. The highest BCUT2D eigenvalue weighted by molar-refractivity contribution is 5.92. The zero-order valence-corrected chi connectivity index (χ0v) is 9.31. The summed E-state index contributed by atoms with van der Waals surface area (Å²) in [7, 11) is 0. The summed E-state index contributed by atoms with van der Waals surface area (Å²) in [6.07, 6.45) is 2.46. The summed E-state index contributed by atoms with van der Waals surface area (Å²) in [6, 6.07) is 3.49. The molecule has 2 heterocycles. The van der Waals surface area contributed by atoms with Crippen molar-refractivity contribution in [3.05, 3.63) is 23.9 Å². The van der Waals surface area contributed by atoms with Gasteiger partial charge in [-0.25, -0.2) is 4.98 Å². The van der Waals surface area contributed by atoms with Crippen LogP contribution in [0.4, 0.5) is 5.82 Å². The van der Waals surface area contributed by atoms with E-state index in [1.54, 1.807) is 12.1 Å². The zero-order chi connectivity index (χ0) is 11.8. The van der Waals surface area contributed by atoms with Crippen LogP contribution in [0.25, 0.3) is 0 Å². The van der Waals surface area contributed by atoms with Gasteiger partial charge in [0.2, 0.25) is 5.91 Å². The number of primary amides is 1. The van der Waals surface area contributed by atoms with Gasteiger partial charge >= 0.3 is 0 Å². The quantitative estimate of drug-likeness (QED) is 0.757. The van der Waals surface area contributed by atoms with Gasteiger partial charge < -0.3 is 16.4 Å². The Morgan fingerprint density at radius 1 is 1.56 bits per heavy atom. The Labute approximate surface area is 94.4 Å². The molecule has 4 N–H and O–H groups in total. The molecule has 1 aliphatic rings. The van der Waals surface area contributed by atoms with Crippen LogP contribution in [-0.2, 0) is 0 Å². The largest absolute Gasteiger partial charge is 0.366 e. The number of amides is 1. The van der Waals surface area contributed by atoms with Gasteiger partial charge in [-0.15, -0.1) is 0 Å². The summed E-state index contributed by atoms with van der Waals surface area (Å²) in [6.45, 7) is 3.71. The van der Waals surface area contributed by atoms with Gasteiger partial charge in [0.25, 0.3) is 0 Å². The van der Waals surface area contributed by atoms with Crippen LogP contribution in [0.15, 0.2) is 18.3 Å². The highest BCUT2D eigenvalue weighted by Crippen LogP contribution is 2.26.